The van der Waals surface area contributed by atoms with Gasteiger partial charge in [-0.3, -0.25) is 4.79 Å². The Morgan fingerprint density at radius 2 is 1.80 bits per heavy atom. The Morgan fingerprint density at radius 1 is 1.16 bits per heavy atom. The summed E-state index contributed by atoms with van der Waals surface area (Å²) in [6, 6.07) is 5.94. The predicted molar refractivity (Wildman–Crippen MR) is 97.7 cm³/mol. The highest BCUT2D eigenvalue weighted by atomic mass is 35.5. The van der Waals surface area contributed by atoms with E-state index in [9.17, 15) is 4.79 Å². The van der Waals surface area contributed by atoms with Crippen molar-refractivity contribution in [1.29, 1.82) is 0 Å². The fraction of sp³-hybridized carbons (Fsp3) is 0.611. The Balaban J connectivity index is 0.00000225. The predicted octanol–water partition coefficient (Wildman–Crippen LogP) is 1.78. The summed E-state index contributed by atoms with van der Waals surface area (Å²) in [5.41, 5.74) is 6.26. The molecule has 2 aliphatic heterocycles. The first-order valence-electron chi connectivity index (χ1n) is 8.46. The smallest absolute Gasteiger partial charge is 0.240 e. The molecule has 0 aromatic heterocycles. The Labute approximate surface area is 154 Å². The van der Waals surface area contributed by atoms with Crippen molar-refractivity contribution < 1.29 is 19.0 Å². The molecule has 1 saturated heterocycles. The number of amides is 1. The lowest BCUT2D eigenvalue weighted by molar-refractivity contribution is -0.130. The standard InChI is InChI=1S/C18H26N2O4.ClH/c1-17(2,12-20-16(21)18(19)5-7-22-8-6-18)13-3-4-14-15(11-13)24-10-9-23-14;/h3-4,11H,5-10,12,19H2,1-2H3,(H,20,21);1H. The molecule has 1 amide bonds. The van der Waals surface area contributed by atoms with Crippen molar-refractivity contribution in [2.24, 2.45) is 5.73 Å². The number of nitrogens with two attached hydrogens (primary N) is 1. The summed E-state index contributed by atoms with van der Waals surface area (Å²) in [5, 5.41) is 3.02. The molecule has 140 valence electrons. The number of carbonyl (C=O) groups excluding carboxylic acids is 1. The van der Waals surface area contributed by atoms with Crippen LogP contribution in [0.15, 0.2) is 18.2 Å². The van der Waals surface area contributed by atoms with Crippen LogP contribution in [0.1, 0.15) is 32.3 Å². The molecule has 2 heterocycles. The molecule has 3 rings (SSSR count). The van der Waals surface area contributed by atoms with Crippen LogP contribution in [0.3, 0.4) is 0 Å². The zero-order valence-electron chi connectivity index (χ0n) is 14.8. The highest BCUT2D eigenvalue weighted by Gasteiger charge is 2.36. The lowest BCUT2D eigenvalue weighted by Gasteiger charge is -2.34. The number of hydrogen-bond acceptors (Lipinski definition) is 5. The number of halogens is 1. The minimum Gasteiger partial charge on any atom is -0.486 e. The van der Waals surface area contributed by atoms with Gasteiger partial charge in [0.2, 0.25) is 5.91 Å². The Hall–Kier alpha value is -1.50. The van der Waals surface area contributed by atoms with Crippen molar-refractivity contribution in [3.05, 3.63) is 23.8 Å². The van der Waals surface area contributed by atoms with E-state index in [2.05, 4.69) is 19.2 Å². The molecule has 6 nitrogen and oxygen atoms in total. The highest BCUT2D eigenvalue weighted by Crippen LogP contribution is 2.35. The van der Waals surface area contributed by atoms with Crippen LogP contribution < -0.4 is 20.5 Å². The van der Waals surface area contributed by atoms with Crippen LogP contribution in [0, 0.1) is 0 Å². The number of benzene rings is 1. The molecular weight excluding hydrogens is 344 g/mol. The minimum absolute atomic E-state index is 0. The number of ether oxygens (including phenoxy) is 3. The average molecular weight is 371 g/mol. The first kappa shape index (κ1) is 19.8. The minimum atomic E-state index is -0.818. The van der Waals surface area contributed by atoms with Crippen LogP contribution in [-0.2, 0) is 14.9 Å². The van der Waals surface area contributed by atoms with Crippen molar-refractivity contribution >= 4 is 18.3 Å². The fourth-order valence-corrected chi connectivity index (χ4v) is 3.01. The fourth-order valence-electron chi connectivity index (χ4n) is 3.01. The number of nitrogens with one attached hydrogen (secondary N) is 1. The van der Waals surface area contributed by atoms with E-state index in [1.54, 1.807) is 0 Å². The normalized spacial score (nSPS) is 18.8. The second-order valence-corrected chi connectivity index (χ2v) is 7.19. The lowest BCUT2D eigenvalue weighted by Crippen LogP contribution is -2.58. The van der Waals surface area contributed by atoms with Gasteiger partial charge >= 0.3 is 0 Å². The Kier molecular flexibility index (Phi) is 6.19. The van der Waals surface area contributed by atoms with Crippen molar-refractivity contribution in [3.63, 3.8) is 0 Å². The van der Waals surface area contributed by atoms with Gasteiger partial charge in [0.25, 0.3) is 0 Å². The Morgan fingerprint density at radius 3 is 2.48 bits per heavy atom. The number of carbonyl (C=O) groups is 1. The molecule has 3 N–H and O–H groups in total. The van der Waals surface area contributed by atoms with Crippen LogP contribution in [0.4, 0.5) is 0 Å². The molecule has 0 spiro atoms. The van der Waals surface area contributed by atoms with Gasteiger partial charge in [0.05, 0.1) is 5.54 Å². The zero-order valence-corrected chi connectivity index (χ0v) is 15.6. The second-order valence-electron chi connectivity index (χ2n) is 7.19. The number of rotatable bonds is 4. The molecule has 0 radical (unpaired) electrons. The third-order valence-electron chi connectivity index (χ3n) is 4.85. The maximum absolute atomic E-state index is 12.5. The summed E-state index contributed by atoms with van der Waals surface area (Å²) in [6.45, 7) is 6.90. The molecular formula is C18H27ClN2O4. The monoisotopic (exact) mass is 370 g/mol. The molecule has 7 heteroatoms. The van der Waals surface area contributed by atoms with Crippen molar-refractivity contribution in [2.45, 2.75) is 37.6 Å². The van der Waals surface area contributed by atoms with E-state index < -0.39 is 5.54 Å². The molecule has 25 heavy (non-hydrogen) atoms. The lowest BCUT2D eigenvalue weighted by atomic mass is 9.83. The first-order valence-corrected chi connectivity index (χ1v) is 8.46. The van der Waals surface area contributed by atoms with Crippen LogP contribution in [0.25, 0.3) is 0 Å². The molecule has 1 aromatic rings. The number of fused-ring (bicyclic) bond motifs is 1. The maximum atomic E-state index is 12.5. The van der Waals surface area contributed by atoms with Crippen molar-refractivity contribution in [1.82, 2.24) is 5.32 Å². The summed E-state index contributed by atoms with van der Waals surface area (Å²) in [6.07, 6.45) is 1.12. The van der Waals surface area contributed by atoms with Crippen LogP contribution in [0.2, 0.25) is 0 Å². The van der Waals surface area contributed by atoms with Gasteiger partial charge in [0.1, 0.15) is 13.2 Å². The van der Waals surface area contributed by atoms with Gasteiger partial charge < -0.3 is 25.3 Å². The second kappa shape index (κ2) is 7.81. The topological polar surface area (TPSA) is 82.8 Å². The summed E-state index contributed by atoms with van der Waals surface area (Å²) in [5.74, 6) is 1.43. The quantitative estimate of drug-likeness (QED) is 0.844. The van der Waals surface area contributed by atoms with Gasteiger partial charge in [-0.15, -0.1) is 12.4 Å². The van der Waals surface area contributed by atoms with Crippen LogP contribution in [0.5, 0.6) is 11.5 Å². The van der Waals surface area contributed by atoms with E-state index >= 15 is 0 Å². The van der Waals surface area contributed by atoms with E-state index in [1.807, 2.05) is 18.2 Å². The Bertz CT molecular complexity index is 615. The molecule has 0 bridgehead atoms. The number of hydrogen-bond donors (Lipinski definition) is 2. The molecule has 0 aliphatic carbocycles. The van der Waals surface area contributed by atoms with E-state index in [4.69, 9.17) is 19.9 Å². The largest absolute Gasteiger partial charge is 0.486 e. The average Bonchev–Trinajstić information content (AvgIpc) is 2.60. The molecule has 2 aliphatic rings. The van der Waals surface area contributed by atoms with E-state index in [-0.39, 0.29) is 23.7 Å². The van der Waals surface area contributed by atoms with Crippen LogP contribution >= 0.6 is 12.4 Å². The van der Waals surface area contributed by atoms with Gasteiger partial charge in [-0.25, -0.2) is 0 Å². The van der Waals surface area contributed by atoms with Crippen LogP contribution in [-0.4, -0.2) is 44.4 Å². The molecule has 0 unspecified atom stereocenters. The third-order valence-corrected chi connectivity index (χ3v) is 4.85. The van der Waals surface area contributed by atoms with E-state index in [0.29, 0.717) is 45.8 Å². The molecule has 1 fully saturated rings. The first-order chi connectivity index (χ1) is 11.4. The third kappa shape index (κ3) is 4.37. The van der Waals surface area contributed by atoms with E-state index in [0.717, 1.165) is 17.1 Å². The van der Waals surface area contributed by atoms with Gasteiger partial charge in [-0.1, -0.05) is 19.9 Å². The molecule has 0 atom stereocenters. The SMILES string of the molecule is CC(C)(CNC(=O)C1(N)CCOCC1)c1ccc2c(c1)OCCO2.Cl. The van der Waals surface area contributed by atoms with Crippen molar-refractivity contribution in [2.75, 3.05) is 33.0 Å². The highest BCUT2D eigenvalue weighted by molar-refractivity contribution is 5.86. The molecule has 0 saturated carbocycles. The summed E-state index contributed by atoms with van der Waals surface area (Å²) >= 11 is 0. The molecule has 1 aromatic carbocycles. The summed E-state index contributed by atoms with van der Waals surface area (Å²) in [4.78, 5) is 12.5. The van der Waals surface area contributed by atoms with Gasteiger partial charge in [0.15, 0.2) is 11.5 Å². The van der Waals surface area contributed by atoms with Gasteiger partial charge in [-0.2, -0.15) is 0 Å². The maximum Gasteiger partial charge on any atom is 0.240 e. The van der Waals surface area contributed by atoms with Gasteiger partial charge in [0, 0.05) is 25.2 Å². The van der Waals surface area contributed by atoms with Crippen molar-refractivity contribution in [3.8, 4) is 11.5 Å². The van der Waals surface area contributed by atoms with Gasteiger partial charge in [-0.05, 0) is 30.5 Å². The van der Waals surface area contributed by atoms with E-state index in [1.165, 1.54) is 0 Å². The zero-order chi connectivity index (χ0) is 17.2. The summed E-state index contributed by atoms with van der Waals surface area (Å²) < 4.78 is 16.5. The summed E-state index contributed by atoms with van der Waals surface area (Å²) in [7, 11) is 0.